The number of amides is 1. The minimum atomic E-state index is -3.88. The summed E-state index contributed by atoms with van der Waals surface area (Å²) in [6.07, 6.45) is 0.892. The molecule has 0 heterocycles. The Morgan fingerprint density at radius 2 is 1.81 bits per heavy atom. The van der Waals surface area contributed by atoms with E-state index in [1.165, 1.54) is 31.4 Å². The number of benzene rings is 2. The molecule has 1 N–H and O–H groups in total. The topological polar surface area (TPSA) is 92.8 Å². The number of sulfonamides is 1. The van der Waals surface area contributed by atoms with Crippen LogP contribution in [-0.4, -0.2) is 40.2 Å². The van der Waals surface area contributed by atoms with Gasteiger partial charge in [0.15, 0.2) is 11.6 Å². The average molecular weight is 398 g/mol. The molecule has 27 heavy (non-hydrogen) atoms. The van der Waals surface area contributed by atoms with Gasteiger partial charge in [0.1, 0.15) is 6.54 Å². The number of hydrogen-bond acceptors (Lipinski definition) is 5. The second kappa shape index (κ2) is 8.12. The number of hydrogen-bond donors (Lipinski definition) is 1. The Kier molecular flexibility index (Phi) is 6.11. The summed E-state index contributed by atoms with van der Waals surface area (Å²) in [5.74, 6) is -3.68. The third-order valence-corrected chi connectivity index (χ3v) is 4.59. The first-order valence-electron chi connectivity index (χ1n) is 7.53. The molecule has 2 rings (SSSR count). The maximum absolute atomic E-state index is 13.2. The van der Waals surface area contributed by atoms with Gasteiger partial charge in [0.25, 0.3) is 0 Å². The monoisotopic (exact) mass is 398 g/mol. The summed E-state index contributed by atoms with van der Waals surface area (Å²) in [4.78, 5) is 23.8. The van der Waals surface area contributed by atoms with Crippen LogP contribution >= 0.6 is 0 Å². The van der Waals surface area contributed by atoms with Crippen LogP contribution in [0.2, 0.25) is 0 Å². The van der Waals surface area contributed by atoms with Gasteiger partial charge in [0, 0.05) is 11.8 Å². The third kappa shape index (κ3) is 5.23. The summed E-state index contributed by atoms with van der Waals surface area (Å²) in [6, 6.07) is 8.27. The van der Waals surface area contributed by atoms with Gasteiger partial charge in [-0.2, -0.15) is 0 Å². The van der Waals surface area contributed by atoms with E-state index in [0.717, 1.165) is 28.8 Å². The first kappa shape index (κ1) is 20.3. The van der Waals surface area contributed by atoms with Crippen molar-refractivity contribution in [2.75, 3.05) is 29.5 Å². The van der Waals surface area contributed by atoms with Crippen LogP contribution in [0.3, 0.4) is 0 Å². The van der Waals surface area contributed by atoms with E-state index in [-0.39, 0.29) is 16.9 Å². The number of methoxy groups -OCH3 is 1. The van der Waals surface area contributed by atoms with Crippen LogP contribution in [0.15, 0.2) is 42.5 Å². The number of anilines is 2. The zero-order valence-electron chi connectivity index (χ0n) is 14.4. The van der Waals surface area contributed by atoms with Crippen LogP contribution in [0.4, 0.5) is 20.2 Å². The van der Waals surface area contributed by atoms with Gasteiger partial charge in [-0.25, -0.2) is 22.0 Å². The van der Waals surface area contributed by atoms with E-state index in [1.807, 2.05) is 0 Å². The van der Waals surface area contributed by atoms with Crippen LogP contribution in [0.25, 0.3) is 0 Å². The largest absolute Gasteiger partial charge is 0.465 e. The predicted molar refractivity (Wildman–Crippen MR) is 95.0 cm³/mol. The van der Waals surface area contributed by atoms with Crippen molar-refractivity contribution in [1.29, 1.82) is 0 Å². The van der Waals surface area contributed by atoms with Crippen molar-refractivity contribution in [3.63, 3.8) is 0 Å². The van der Waals surface area contributed by atoms with E-state index >= 15 is 0 Å². The standard InChI is InChI=1S/C17H16F2N2O5S/c1-26-17(23)11-4-3-5-13(8-11)21(27(2,24)25)10-16(22)20-12-6-7-14(18)15(19)9-12/h3-9H,10H2,1-2H3,(H,20,22). The summed E-state index contributed by atoms with van der Waals surface area (Å²) in [5, 5.41) is 2.29. The van der Waals surface area contributed by atoms with E-state index in [9.17, 15) is 26.8 Å². The summed E-state index contributed by atoms with van der Waals surface area (Å²) < 4.78 is 55.7. The third-order valence-electron chi connectivity index (χ3n) is 3.45. The van der Waals surface area contributed by atoms with Gasteiger partial charge in [0.05, 0.1) is 24.6 Å². The maximum Gasteiger partial charge on any atom is 0.337 e. The minimum Gasteiger partial charge on any atom is -0.465 e. The molecule has 1 amide bonds. The van der Waals surface area contributed by atoms with Crippen molar-refractivity contribution in [1.82, 2.24) is 0 Å². The maximum atomic E-state index is 13.2. The SMILES string of the molecule is COC(=O)c1cccc(N(CC(=O)Nc2ccc(F)c(F)c2)S(C)(=O)=O)c1. The van der Waals surface area contributed by atoms with E-state index in [1.54, 1.807) is 0 Å². The molecule has 0 aromatic heterocycles. The van der Waals surface area contributed by atoms with Gasteiger partial charge < -0.3 is 10.1 Å². The van der Waals surface area contributed by atoms with Gasteiger partial charge in [0.2, 0.25) is 15.9 Å². The van der Waals surface area contributed by atoms with Gasteiger partial charge in [-0.3, -0.25) is 9.10 Å². The molecule has 7 nitrogen and oxygen atoms in total. The lowest BCUT2D eigenvalue weighted by Gasteiger charge is -2.22. The highest BCUT2D eigenvalue weighted by atomic mass is 32.2. The molecular weight excluding hydrogens is 382 g/mol. The highest BCUT2D eigenvalue weighted by Crippen LogP contribution is 2.20. The fourth-order valence-corrected chi connectivity index (χ4v) is 3.06. The lowest BCUT2D eigenvalue weighted by Crippen LogP contribution is -2.37. The van der Waals surface area contributed by atoms with Gasteiger partial charge in [-0.1, -0.05) is 6.07 Å². The number of carbonyl (C=O) groups excluding carboxylic acids is 2. The number of carbonyl (C=O) groups is 2. The Labute approximate surface area is 154 Å². The van der Waals surface area contributed by atoms with Crippen molar-refractivity contribution in [3.8, 4) is 0 Å². The molecule has 0 atom stereocenters. The number of ether oxygens (including phenoxy) is 1. The zero-order chi connectivity index (χ0) is 20.2. The Hall–Kier alpha value is -3.01. The first-order chi connectivity index (χ1) is 12.6. The second-order valence-electron chi connectivity index (χ2n) is 5.49. The summed E-state index contributed by atoms with van der Waals surface area (Å²) in [6.45, 7) is -0.636. The molecule has 0 saturated heterocycles. The lowest BCUT2D eigenvalue weighted by molar-refractivity contribution is -0.114. The molecule has 0 aliphatic heterocycles. The molecule has 2 aromatic carbocycles. The Bertz CT molecular complexity index is 979. The molecule has 0 aliphatic rings. The van der Waals surface area contributed by atoms with E-state index in [0.29, 0.717) is 0 Å². The smallest absolute Gasteiger partial charge is 0.337 e. The predicted octanol–water partition coefficient (Wildman–Crippen LogP) is 2.16. The number of rotatable bonds is 6. The molecule has 0 fully saturated rings. The highest BCUT2D eigenvalue weighted by molar-refractivity contribution is 7.92. The van der Waals surface area contributed by atoms with Crippen molar-refractivity contribution < 1.29 is 31.5 Å². The van der Waals surface area contributed by atoms with Crippen LogP contribution < -0.4 is 9.62 Å². The van der Waals surface area contributed by atoms with Gasteiger partial charge >= 0.3 is 5.97 Å². The number of esters is 1. The van der Waals surface area contributed by atoms with E-state index in [2.05, 4.69) is 10.1 Å². The fraction of sp³-hybridized carbons (Fsp3) is 0.176. The lowest BCUT2D eigenvalue weighted by atomic mass is 10.2. The Balaban J connectivity index is 2.26. The Morgan fingerprint density at radius 3 is 2.41 bits per heavy atom. The van der Waals surface area contributed by atoms with Crippen molar-refractivity contribution in [2.45, 2.75) is 0 Å². The van der Waals surface area contributed by atoms with Crippen LogP contribution in [-0.2, 0) is 19.6 Å². The molecular formula is C17H16F2N2O5S. The number of halogens is 2. The van der Waals surface area contributed by atoms with E-state index in [4.69, 9.17) is 0 Å². The molecule has 0 bridgehead atoms. The summed E-state index contributed by atoms with van der Waals surface area (Å²) in [7, 11) is -2.70. The molecule has 0 radical (unpaired) electrons. The quantitative estimate of drug-likeness (QED) is 0.753. The molecule has 0 saturated carbocycles. The molecule has 0 unspecified atom stereocenters. The van der Waals surface area contributed by atoms with Crippen LogP contribution in [0.1, 0.15) is 10.4 Å². The fourth-order valence-electron chi connectivity index (χ4n) is 2.21. The summed E-state index contributed by atoms with van der Waals surface area (Å²) in [5.41, 5.74) is 0.140. The Morgan fingerprint density at radius 1 is 1.11 bits per heavy atom. The molecule has 0 aliphatic carbocycles. The molecule has 10 heteroatoms. The normalized spacial score (nSPS) is 11.0. The van der Waals surface area contributed by atoms with E-state index < -0.39 is 40.1 Å². The van der Waals surface area contributed by atoms with Crippen LogP contribution in [0, 0.1) is 11.6 Å². The van der Waals surface area contributed by atoms with Gasteiger partial charge in [-0.05, 0) is 30.3 Å². The number of nitrogens with zero attached hydrogens (tertiary/aromatic N) is 1. The average Bonchev–Trinajstić information content (AvgIpc) is 2.61. The number of nitrogens with one attached hydrogen (secondary N) is 1. The first-order valence-corrected chi connectivity index (χ1v) is 9.37. The molecule has 144 valence electrons. The van der Waals surface area contributed by atoms with Crippen molar-refractivity contribution in [3.05, 3.63) is 59.7 Å². The van der Waals surface area contributed by atoms with Crippen molar-refractivity contribution >= 4 is 33.3 Å². The molecule has 0 spiro atoms. The van der Waals surface area contributed by atoms with Crippen LogP contribution in [0.5, 0.6) is 0 Å². The highest BCUT2D eigenvalue weighted by Gasteiger charge is 2.22. The van der Waals surface area contributed by atoms with Crippen molar-refractivity contribution in [2.24, 2.45) is 0 Å². The zero-order valence-corrected chi connectivity index (χ0v) is 15.2. The molecule has 2 aromatic rings. The second-order valence-corrected chi connectivity index (χ2v) is 7.40. The van der Waals surface area contributed by atoms with Gasteiger partial charge in [-0.15, -0.1) is 0 Å². The summed E-state index contributed by atoms with van der Waals surface area (Å²) >= 11 is 0. The minimum absolute atomic E-state index is 0.0318.